The number of thioether (sulfide) groups is 1. The molecule has 0 amide bonds. The summed E-state index contributed by atoms with van der Waals surface area (Å²) in [7, 11) is 1.62. The topological polar surface area (TPSA) is 54.9 Å². The molecule has 94 valence electrons. The Morgan fingerprint density at radius 3 is 2.78 bits per heavy atom. The molecule has 0 aliphatic carbocycles. The molecule has 4 nitrogen and oxygen atoms in total. The van der Waals surface area contributed by atoms with Crippen molar-refractivity contribution in [2.24, 2.45) is 7.05 Å². The second-order valence-electron chi connectivity index (χ2n) is 3.72. The van der Waals surface area contributed by atoms with Crippen LogP contribution in [0.5, 0.6) is 0 Å². The number of halogens is 1. The summed E-state index contributed by atoms with van der Waals surface area (Å²) < 4.78 is 1.41. The molecule has 2 aromatic rings. The summed E-state index contributed by atoms with van der Waals surface area (Å²) in [5.41, 5.74) is 0.167. The summed E-state index contributed by atoms with van der Waals surface area (Å²) in [6.45, 7) is 0. The highest BCUT2D eigenvalue weighted by molar-refractivity contribution is 7.98. The van der Waals surface area contributed by atoms with E-state index < -0.39 is 5.69 Å². The van der Waals surface area contributed by atoms with Crippen molar-refractivity contribution in [2.45, 2.75) is 10.8 Å². The molecule has 0 aliphatic rings. The van der Waals surface area contributed by atoms with E-state index in [0.717, 1.165) is 5.56 Å². The van der Waals surface area contributed by atoms with Crippen LogP contribution in [-0.2, 0) is 12.8 Å². The van der Waals surface area contributed by atoms with Crippen LogP contribution in [0.2, 0.25) is 5.02 Å². The summed E-state index contributed by atoms with van der Waals surface area (Å²) in [6.07, 6.45) is 0. The molecule has 0 saturated heterocycles. The highest BCUT2D eigenvalue weighted by Gasteiger charge is 2.05. The third kappa shape index (κ3) is 2.86. The maximum atomic E-state index is 11.4. The van der Waals surface area contributed by atoms with Crippen LogP contribution in [0.3, 0.4) is 0 Å². The number of rotatable bonds is 3. The second kappa shape index (κ2) is 5.46. The van der Waals surface area contributed by atoms with Gasteiger partial charge in [0.15, 0.2) is 0 Å². The standard InChI is InChI=1S/C12H11ClN2O2S/c1-15-11(6-10(16)14-12(15)17)18-7-8-4-2-3-5-9(8)13/h2-6H,7H2,1H3,(H,14,16,17). The molecule has 0 unspecified atom stereocenters. The number of benzene rings is 1. The fourth-order valence-corrected chi connectivity index (χ4v) is 2.74. The summed E-state index contributed by atoms with van der Waals surface area (Å²) in [5.74, 6) is 0.608. The molecular weight excluding hydrogens is 272 g/mol. The van der Waals surface area contributed by atoms with Crippen molar-refractivity contribution < 1.29 is 0 Å². The van der Waals surface area contributed by atoms with E-state index in [1.165, 1.54) is 22.4 Å². The monoisotopic (exact) mass is 282 g/mol. The molecule has 2 rings (SSSR count). The van der Waals surface area contributed by atoms with E-state index in [-0.39, 0.29) is 5.56 Å². The largest absolute Gasteiger partial charge is 0.328 e. The van der Waals surface area contributed by atoms with Crippen molar-refractivity contribution in [3.05, 3.63) is 61.8 Å². The van der Waals surface area contributed by atoms with E-state index >= 15 is 0 Å². The maximum Gasteiger partial charge on any atom is 0.328 e. The van der Waals surface area contributed by atoms with Gasteiger partial charge in [-0.2, -0.15) is 0 Å². The summed E-state index contributed by atoms with van der Waals surface area (Å²) >= 11 is 7.44. The number of nitrogens with zero attached hydrogens (tertiary/aromatic N) is 1. The number of aromatic amines is 1. The van der Waals surface area contributed by atoms with Crippen LogP contribution in [0.1, 0.15) is 5.56 Å². The highest BCUT2D eigenvalue weighted by atomic mass is 35.5. The van der Waals surface area contributed by atoms with Crippen LogP contribution in [0.25, 0.3) is 0 Å². The molecule has 1 heterocycles. The Labute approximate surface area is 113 Å². The summed E-state index contributed by atoms with van der Waals surface area (Å²) in [5, 5.41) is 1.29. The van der Waals surface area contributed by atoms with Crippen LogP contribution in [0.15, 0.2) is 44.9 Å². The molecule has 0 bridgehead atoms. The molecule has 6 heteroatoms. The fourth-order valence-electron chi connectivity index (χ4n) is 1.44. The van der Waals surface area contributed by atoms with Crippen LogP contribution in [0.4, 0.5) is 0 Å². The van der Waals surface area contributed by atoms with Crippen LogP contribution in [-0.4, -0.2) is 9.55 Å². The quantitative estimate of drug-likeness (QED) is 0.692. The van der Waals surface area contributed by atoms with E-state index in [9.17, 15) is 9.59 Å². The van der Waals surface area contributed by atoms with Crippen molar-refractivity contribution in [2.75, 3.05) is 0 Å². The molecular formula is C12H11ClN2O2S. The van der Waals surface area contributed by atoms with Crippen molar-refractivity contribution in [3.8, 4) is 0 Å². The molecule has 1 N–H and O–H groups in total. The average Bonchev–Trinajstić information content (AvgIpc) is 2.33. The molecule has 0 fully saturated rings. The first-order chi connectivity index (χ1) is 8.58. The minimum absolute atomic E-state index is 0.389. The van der Waals surface area contributed by atoms with Crippen molar-refractivity contribution in [3.63, 3.8) is 0 Å². The van der Waals surface area contributed by atoms with Gasteiger partial charge in [0, 0.05) is 23.9 Å². The molecule has 18 heavy (non-hydrogen) atoms. The Morgan fingerprint density at radius 2 is 2.06 bits per heavy atom. The lowest BCUT2D eigenvalue weighted by Gasteiger charge is -2.07. The van der Waals surface area contributed by atoms with Gasteiger partial charge in [0.05, 0.1) is 5.03 Å². The van der Waals surface area contributed by atoms with Gasteiger partial charge in [-0.3, -0.25) is 14.3 Å². The molecule has 0 spiro atoms. The first-order valence-corrected chi connectivity index (χ1v) is 6.61. The molecule has 0 radical (unpaired) electrons. The van der Waals surface area contributed by atoms with Gasteiger partial charge in [0.2, 0.25) is 0 Å². The van der Waals surface area contributed by atoms with Crippen molar-refractivity contribution in [1.82, 2.24) is 9.55 Å². The minimum atomic E-state index is -0.413. The zero-order chi connectivity index (χ0) is 13.1. The van der Waals surface area contributed by atoms with Gasteiger partial charge in [-0.1, -0.05) is 29.8 Å². The summed E-state index contributed by atoms with van der Waals surface area (Å²) in [6, 6.07) is 8.90. The number of nitrogens with one attached hydrogen (secondary N) is 1. The van der Waals surface area contributed by atoms with E-state index in [1.807, 2.05) is 24.3 Å². The summed E-state index contributed by atoms with van der Waals surface area (Å²) in [4.78, 5) is 24.8. The third-order valence-electron chi connectivity index (χ3n) is 2.45. The zero-order valence-electron chi connectivity index (χ0n) is 9.64. The Balaban J connectivity index is 2.24. The second-order valence-corrected chi connectivity index (χ2v) is 5.12. The van der Waals surface area contributed by atoms with E-state index in [0.29, 0.717) is 15.8 Å². The number of hydrogen-bond donors (Lipinski definition) is 1. The molecule has 1 aromatic heterocycles. The van der Waals surface area contributed by atoms with Gasteiger partial charge in [-0.25, -0.2) is 4.79 Å². The van der Waals surface area contributed by atoms with Gasteiger partial charge in [-0.05, 0) is 11.6 Å². The predicted molar refractivity (Wildman–Crippen MR) is 73.3 cm³/mol. The maximum absolute atomic E-state index is 11.4. The first kappa shape index (κ1) is 13.0. The molecule has 0 aliphatic heterocycles. The smallest absolute Gasteiger partial charge is 0.291 e. The number of aromatic nitrogens is 2. The Bertz CT molecular complexity index is 678. The van der Waals surface area contributed by atoms with Crippen molar-refractivity contribution in [1.29, 1.82) is 0 Å². The van der Waals surface area contributed by atoms with Crippen LogP contribution in [0, 0.1) is 0 Å². The van der Waals surface area contributed by atoms with E-state index in [1.54, 1.807) is 7.05 Å². The van der Waals surface area contributed by atoms with Crippen LogP contribution < -0.4 is 11.2 Å². The van der Waals surface area contributed by atoms with Gasteiger partial charge in [0.1, 0.15) is 0 Å². The fraction of sp³-hybridized carbons (Fsp3) is 0.167. The number of H-pyrrole nitrogens is 1. The number of hydrogen-bond acceptors (Lipinski definition) is 3. The van der Waals surface area contributed by atoms with Crippen molar-refractivity contribution >= 4 is 23.4 Å². The van der Waals surface area contributed by atoms with Gasteiger partial charge in [0.25, 0.3) is 5.56 Å². The molecule has 1 aromatic carbocycles. The lowest BCUT2D eigenvalue weighted by Crippen LogP contribution is -2.28. The normalized spacial score (nSPS) is 10.6. The lowest BCUT2D eigenvalue weighted by molar-refractivity contribution is 0.717. The first-order valence-electron chi connectivity index (χ1n) is 5.24. The van der Waals surface area contributed by atoms with E-state index in [4.69, 9.17) is 11.6 Å². The Hall–Kier alpha value is -1.46. The lowest BCUT2D eigenvalue weighted by atomic mass is 10.2. The molecule has 0 saturated carbocycles. The zero-order valence-corrected chi connectivity index (χ0v) is 11.2. The van der Waals surface area contributed by atoms with Gasteiger partial charge in [-0.15, -0.1) is 11.8 Å². The van der Waals surface area contributed by atoms with Gasteiger partial charge < -0.3 is 0 Å². The van der Waals surface area contributed by atoms with E-state index in [2.05, 4.69) is 4.98 Å². The van der Waals surface area contributed by atoms with Crippen LogP contribution >= 0.6 is 23.4 Å². The molecule has 0 atom stereocenters. The van der Waals surface area contributed by atoms with Gasteiger partial charge >= 0.3 is 5.69 Å². The SMILES string of the molecule is Cn1c(SCc2ccccc2Cl)cc(=O)[nH]c1=O. The average molecular weight is 283 g/mol. The Kier molecular flexibility index (Phi) is 3.93. The minimum Gasteiger partial charge on any atom is -0.291 e. The third-order valence-corrected chi connectivity index (χ3v) is 3.96. The Morgan fingerprint density at radius 1 is 1.33 bits per heavy atom. The highest BCUT2D eigenvalue weighted by Crippen LogP contribution is 2.24. The predicted octanol–water partition coefficient (Wildman–Crippen LogP) is 2.02.